The fourth-order valence-electron chi connectivity index (χ4n) is 4.62. The van der Waals surface area contributed by atoms with Crippen LogP contribution < -0.4 is 5.32 Å². The van der Waals surface area contributed by atoms with E-state index in [4.69, 9.17) is 0 Å². The van der Waals surface area contributed by atoms with Crippen molar-refractivity contribution in [2.24, 2.45) is 0 Å². The molecule has 214 valence electrons. The smallest absolute Gasteiger partial charge is 0.323 e. The Labute approximate surface area is 249 Å². The number of rotatable bonds is 11. The number of benzene rings is 3. The summed E-state index contributed by atoms with van der Waals surface area (Å²) < 4.78 is 27.9. The fourth-order valence-corrected chi connectivity index (χ4v) is 5.83. The predicted octanol–water partition coefficient (Wildman–Crippen LogP) is 5.70. The highest BCUT2D eigenvalue weighted by Gasteiger charge is 2.21. The van der Waals surface area contributed by atoms with Gasteiger partial charge in [0.1, 0.15) is 0 Å². The number of aromatic nitrogens is 4. The highest BCUT2D eigenvalue weighted by molar-refractivity contribution is 7.90. The normalized spacial score (nSPS) is 11.4. The van der Waals surface area contributed by atoms with Gasteiger partial charge in [-0.25, -0.2) is 13.2 Å². The van der Waals surface area contributed by atoms with Crippen molar-refractivity contribution in [1.29, 1.82) is 0 Å². The Morgan fingerprint density at radius 3 is 2.17 bits per heavy atom. The van der Waals surface area contributed by atoms with Crippen LogP contribution in [0.2, 0.25) is 0 Å². The molecule has 0 fully saturated rings. The Bertz CT molecular complexity index is 1660. The molecular formula is C31H30N6O3S2. The van der Waals surface area contributed by atoms with E-state index >= 15 is 0 Å². The maximum Gasteiger partial charge on any atom is 0.323 e. The van der Waals surface area contributed by atoms with Crippen molar-refractivity contribution in [3.8, 4) is 11.4 Å². The largest absolute Gasteiger partial charge is 0.324 e. The van der Waals surface area contributed by atoms with Crippen LogP contribution in [0, 0.1) is 0 Å². The van der Waals surface area contributed by atoms with Gasteiger partial charge < -0.3 is 4.90 Å². The molecule has 0 aliphatic carbocycles. The number of hydrogen-bond acceptors (Lipinski definition) is 8. The molecule has 0 bridgehead atoms. The molecule has 0 aliphatic rings. The molecule has 2 heterocycles. The van der Waals surface area contributed by atoms with Gasteiger partial charge in [-0.1, -0.05) is 60.7 Å². The third-order valence-electron chi connectivity index (χ3n) is 6.81. The van der Waals surface area contributed by atoms with Crippen LogP contribution in [0.5, 0.6) is 0 Å². The summed E-state index contributed by atoms with van der Waals surface area (Å²) >= 11 is 1.07. The van der Waals surface area contributed by atoms with E-state index < -0.39 is 9.84 Å². The molecule has 5 rings (SSSR count). The van der Waals surface area contributed by atoms with Gasteiger partial charge in [0.05, 0.1) is 10.6 Å². The van der Waals surface area contributed by atoms with Gasteiger partial charge in [0.2, 0.25) is 5.13 Å². The van der Waals surface area contributed by atoms with Crippen LogP contribution in [0.4, 0.5) is 9.93 Å². The average molecular weight is 599 g/mol. The van der Waals surface area contributed by atoms with Gasteiger partial charge in [0.15, 0.2) is 15.7 Å². The van der Waals surface area contributed by atoms with E-state index in [1.54, 1.807) is 35.6 Å². The summed E-state index contributed by atoms with van der Waals surface area (Å²) in [6, 6.07) is 26.7. The zero-order valence-electron chi connectivity index (χ0n) is 23.0. The lowest BCUT2D eigenvalue weighted by Gasteiger charge is -2.26. The van der Waals surface area contributed by atoms with Crippen molar-refractivity contribution in [3.05, 3.63) is 120 Å². The molecule has 0 atom stereocenters. The minimum atomic E-state index is -3.30. The van der Waals surface area contributed by atoms with E-state index in [0.29, 0.717) is 36.0 Å². The fraction of sp³-hybridized carbons (Fsp3) is 0.194. The molecular weight excluding hydrogens is 569 g/mol. The van der Waals surface area contributed by atoms with Gasteiger partial charge in [-0.15, -0.1) is 0 Å². The summed E-state index contributed by atoms with van der Waals surface area (Å²) in [6.45, 7) is 0.943. The molecule has 0 saturated carbocycles. The molecule has 0 spiro atoms. The number of hydrogen-bond donors (Lipinski definition) is 1. The molecule has 0 aliphatic heterocycles. The first-order valence-corrected chi connectivity index (χ1v) is 16.1. The van der Waals surface area contributed by atoms with E-state index in [-0.39, 0.29) is 16.8 Å². The summed E-state index contributed by atoms with van der Waals surface area (Å²) in [5.74, 6) is 0.525. The monoisotopic (exact) mass is 598 g/mol. The van der Waals surface area contributed by atoms with Crippen LogP contribution in [-0.2, 0) is 16.3 Å². The molecule has 11 heteroatoms. The number of amides is 2. The Morgan fingerprint density at radius 1 is 0.905 bits per heavy atom. The van der Waals surface area contributed by atoms with E-state index in [0.717, 1.165) is 29.9 Å². The van der Waals surface area contributed by atoms with Crippen molar-refractivity contribution >= 4 is 32.5 Å². The molecule has 3 aromatic carbocycles. The van der Waals surface area contributed by atoms with E-state index in [1.165, 1.54) is 23.3 Å². The number of carbonyl (C=O) groups is 1. The molecule has 2 aromatic heterocycles. The zero-order chi connectivity index (χ0) is 29.4. The molecule has 0 unspecified atom stereocenters. The number of anilines is 1. The van der Waals surface area contributed by atoms with Gasteiger partial charge in [-0.2, -0.15) is 9.36 Å². The second kappa shape index (κ2) is 13.5. The molecule has 5 aromatic rings. The lowest BCUT2D eigenvalue weighted by atomic mass is 9.88. The highest BCUT2D eigenvalue weighted by atomic mass is 32.2. The van der Waals surface area contributed by atoms with Crippen LogP contribution in [0.1, 0.15) is 29.2 Å². The molecule has 2 amide bonds. The van der Waals surface area contributed by atoms with Gasteiger partial charge >= 0.3 is 6.03 Å². The second-order valence-corrected chi connectivity index (χ2v) is 12.5. The number of sulfone groups is 1. The van der Waals surface area contributed by atoms with Gasteiger partial charge in [-0.05, 0) is 41.8 Å². The van der Waals surface area contributed by atoms with E-state index in [2.05, 4.69) is 48.9 Å². The lowest BCUT2D eigenvalue weighted by Crippen LogP contribution is -2.38. The first-order valence-electron chi connectivity index (χ1n) is 13.4. The topological polar surface area (TPSA) is 118 Å². The van der Waals surface area contributed by atoms with Crippen molar-refractivity contribution in [2.75, 3.05) is 24.7 Å². The molecule has 0 saturated heterocycles. The molecule has 42 heavy (non-hydrogen) atoms. The van der Waals surface area contributed by atoms with Crippen LogP contribution in [0.15, 0.2) is 108 Å². The summed E-state index contributed by atoms with van der Waals surface area (Å²) in [4.78, 5) is 28.6. The van der Waals surface area contributed by atoms with Gasteiger partial charge in [0, 0.05) is 67.4 Å². The van der Waals surface area contributed by atoms with Crippen molar-refractivity contribution in [2.45, 2.75) is 23.7 Å². The van der Waals surface area contributed by atoms with Crippen LogP contribution in [-0.4, -0.2) is 58.0 Å². The number of urea groups is 1. The third kappa shape index (κ3) is 7.62. The number of nitrogens with one attached hydrogen (secondary N) is 1. The summed E-state index contributed by atoms with van der Waals surface area (Å²) in [5, 5.41) is 3.26. The maximum atomic E-state index is 13.6. The molecule has 0 radical (unpaired) electrons. The Balaban J connectivity index is 1.32. The Hall–Kier alpha value is -4.48. The zero-order valence-corrected chi connectivity index (χ0v) is 24.6. The molecule has 1 N–H and O–H groups in total. The van der Waals surface area contributed by atoms with Gasteiger partial charge in [0.25, 0.3) is 0 Å². The van der Waals surface area contributed by atoms with Crippen LogP contribution in [0.3, 0.4) is 0 Å². The predicted molar refractivity (Wildman–Crippen MR) is 164 cm³/mol. The van der Waals surface area contributed by atoms with Crippen molar-refractivity contribution < 1.29 is 13.2 Å². The van der Waals surface area contributed by atoms with Gasteiger partial charge in [-0.3, -0.25) is 15.3 Å². The first-order chi connectivity index (χ1) is 20.4. The first kappa shape index (κ1) is 29.0. The van der Waals surface area contributed by atoms with E-state index in [1.807, 2.05) is 36.4 Å². The minimum absolute atomic E-state index is 0.113. The van der Waals surface area contributed by atoms with Crippen LogP contribution in [0.25, 0.3) is 11.4 Å². The standard InChI is InChI=1S/C31H30N6O3S2/c1-42(39,40)27-14-12-25(13-15-27)29-34-30(41-36-29)35-31(38)37(20-16-26-22-32-18-19-33-26)21-17-28(23-8-4-2-5-9-23)24-10-6-3-7-11-24/h2-15,18-19,22,28H,16-17,20-21H2,1H3,(H,34,35,36,38). The van der Waals surface area contributed by atoms with E-state index in [9.17, 15) is 13.2 Å². The Kier molecular flexibility index (Phi) is 9.30. The summed E-state index contributed by atoms with van der Waals surface area (Å²) in [7, 11) is -3.30. The minimum Gasteiger partial charge on any atom is -0.324 e. The second-order valence-electron chi connectivity index (χ2n) is 9.75. The van der Waals surface area contributed by atoms with Crippen molar-refractivity contribution in [1.82, 2.24) is 24.2 Å². The number of carbonyl (C=O) groups excluding carboxylic acids is 1. The maximum absolute atomic E-state index is 13.6. The SMILES string of the molecule is CS(=O)(=O)c1ccc(-c2nsc(NC(=O)N(CCc3cnccn3)CCC(c3ccccc3)c3ccccc3)n2)cc1. The average Bonchev–Trinajstić information content (AvgIpc) is 3.48. The lowest BCUT2D eigenvalue weighted by molar-refractivity contribution is 0.210. The summed E-state index contributed by atoms with van der Waals surface area (Å²) in [6.07, 6.45) is 7.41. The van der Waals surface area contributed by atoms with Crippen LogP contribution >= 0.6 is 11.5 Å². The highest BCUT2D eigenvalue weighted by Crippen LogP contribution is 2.28. The Morgan fingerprint density at radius 2 is 1.57 bits per heavy atom. The van der Waals surface area contributed by atoms with Crippen molar-refractivity contribution in [3.63, 3.8) is 0 Å². The number of nitrogens with zero attached hydrogens (tertiary/aromatic N) is 5. The summed E-state index contributed by atoms with van der Waals surface area (Å²) in [5.41, 5.74) is 3.84. The molecule has 9 nitrogen and oxygen atoms in total. The third-order valence-corrected chi connectivity index (χ3v) is 8.57. The quantitative estimate of drug-likeness (QED) is 0.207.